The summed E-state index contributed by atoms with van der Waals surface area (Å²) in [6.45, 7) is 6.63. The molecule has 1 atom stereocenters. The standard InChI is InChI=1S/C24H37N5O8/c1-23(2,24(3,4)29(15-19(32)33)14-16-9-5-7-11-25-16)21(36)26-12-8-6-10-17(20(34)35)28-22(37)27-13-18(30)31/h5,7,9,11,17H,6,8,10,12-15H2,1-4H3,(H,26,36)(H,30,31)(H,32,33)(H,34,35)(H2,27,28,37). The maximum atomic E-state index is 13.1. The number of aromatic nitrogens is 1. The highest BCUT2D eigenvalue weighted by molar-refractivity contribution is 5.85. The molecule has 13 heteroatoms. The van der Waals surface area contributed by atoms with Crippen molar-refractivity contribution in [3.05, 3.63) is 30.1 Å². The fourth-order valence-corrected chi connectivity index (χ4v) is 3.49. The summed E-state index contributed by atoms with van der Waals surface area (Å²) in [5, 5.41) is 34.4. The van der Waals surface area contributed by atoms with Crippen molar-refractivity contribution in [2.75, 3.05) is 19.6 Å². The van der Waals surface area contributed by atoms with Crippen LogP contribution in [0.25, 0.3) is 0 Å². The third kappa shape index (κ3) is 10.0. The molecule has 37 heavy (non-hydrogen) atoms. The van der Waals surface area contributed by atoms with Crippen molar-refractivity contribution in [1.29, 1.82) is 0 Å². The normalized spacial score (nSPS) is 12.5. The number of pyridine rings is 1. The van der Waals surface area contributed by atoms with Gasteiger partial charge in [0, 0.05) is 24.8 Å². The fourth-order valence-electron chi connectivity index (χ4n) is 3.49. The van der Waals surface area contributed by atoms with Gasteiger partial charge in [0.1, 0.15) is 12.6 Å². The summed E-state index contributed by atoms with van der Waals surface area (Å²) in [6, 6.07) is 3.24. The lowest BCUT2D eigenvalue weighted by molar-refractivity contribution is -0.147. The average Bonchev–Trinajstić information content (AvgIpc) is 2.81. The SMILES string of the molecule is CC(C)(C(=O)NCCCCC(NC(=O)NCC(=O)O)C(=O)O)C(C)(C)N(CC(=O)O)Cc1ccccn1. The first kappa shape index (κ1) is 31.3. The highest BCUT2D eigenvalue weighted by atomic mass is 16.4. The van der Waals surface area contributed by atoms with E-state index in [1.807, 2.05) is 5.32 Å². The minimum absolute atomic E-state index is 0.0804. The van der Waals surface area contributed by atoms with Crippen LogP contribution in [0, 0.1) is 5.41 Å². The van der Waals surface area contributed by atoms with E-state index < -0.39 is 47.5 Å². The molecule has 0 aliphatic heterocycles. The molecule has 0 bridgehead atoms. The fraction of sp³-hybridized carbons (Fsp3) is 0.583. The Morgan fingerprint density at radius 2 is 1.65 bits per heavy atom. The van der Waals surface area contributed by atoms with E-state index in [1.165, 1.54) is 0 Å². The maximum absolute atomic E-state index is 13.1. The second kappa shape index (κ2) is 14.1. The van der Waals surface area contributed by atoms with E-state index in [-0.39, 0.29) is 32.0 Å². The summed E-state index contributed by atoms with van der Waals surface area (Å²) < 4.78 is 0. The molecule has 1 aromatic heterocycles. The van der Waals surface area contributed by atoms with Crippen LogP contribution < -0.4 is 16.0 Å². The highest BCUT2D eigenvalue weighted by Gasteiger charge is 2.47. The third-order valence-corrected chi connectivity index (χ3v) is 6.50. The number of carboxylic acids is 3. The van der Waals surface area contributed by atoms with E-state index in [1.54, 1.807) is 57.0 Å². The molecule has 1 aromatic rings. The second-order valence-electron chi connectivity index (χ2n) is 9.62. The van der Waals surface area contributed by atoms with Crippen LogP contribution >= 0.6 is 0 Å². The molecule has 13 nitrogen and oxygen atoms in total. The molecule has 0 saturated heterocycles. The number of carbonyl (C=O) groups excluding carboxylic acids is 2. The first-order valence-corrected chi connectivity index (χ1v) is 11.8. The van der Waals surface area contributed by atoms with Gasteiger partial charge in [-0.1, -0.05) is 6.07 Å². The maximum Gasteiger partial charge on any atom is 0.326 e. The topological polar surface area (TPSA) is 198 Å². The number of nitrogens with one attached hydrogen (secondary N) is 3. The summed E-state index contributed by atoms with van der Waals surface area (Å²) in [7, 11) is 0. The van der Waals surface area contributed by atoms with E-state index in [0.29, 0.717) is 18.5 Å². The van der Waals surface area contributed by atoms with Crippen LogP contribution in [0.4, 0.5) is 4.79 Å². The van der Waals surface area contributed by atoms with E-state index in [0.717, 1.165) is 0 Å². The van der Waals surface area contributed by atoms with Crippen LogP contribution in [0.2, 0.25) is 0 Å². The number of carbonyl (C=O) groups is 5. The Labute approximate surface area is 215 Å². The molecular weight excluding hydrogens is 486 g/mol. The van der Waals surface area contributed by atoms with Crippen molar-refractivity contribution >= 4 is 29.8 Å². The van der Waals surface area contributed by atoms with Gasteiger partial charge < -0.3 is 31.3 Å². The van der Waals surface area contributed by atoms with Crippen molar-refractivity contribution in [2.24, 2.45) is 5.41 Å². The van der Waals surface area contributed by atoms with Crippen LogP contribution in [0.1, 0.15) is 52.7 Å². The molecule has 0 saturated carbocycles. The summed E-state index contributed by atoms with van der Waals surface area (Å²) >= 11 is 0. The van der Waals surface area contributed by atoms with Gasteiger partial charge in [-0.25, -0.2) is 9.59 Å². The largest absolute Gasteiger partial charge is 0.480 e. The Kier molecular flexibility index (Phi) is 11.9. The van der Waals surface area contributed by atoms with E-state index >= 15 is 0 Å². The molecule has 6 N–H and O–H groups in total. The summed E-state index contributed by atoms with van der Waals surface area (Å²) in [6.07, 6.45) is 2.49. The first-order valence-electron chi connectivity index (χ1n) is 11.8. The van der Waals surface area contributed by atoms with Crippen molar-refractivity contribution < 1.29 is 39.3 Å². The lowest BCUT2D eigenvalue weighted by Crippen LogP contribution is -2.60. The van der Waals surface area contributed by atoms with Crippen molar-refractivity contribution in [2.45, 2.75) is 65.1 Å². The van der Waals surface area contributed by atoms with Gasteiger partial charge in [0.2, 0.25) is 5.91 Å². The lowest BCUT2D eigenvalue weighted by Gasteiger charge is -2.47. The summed E-state index contributed by atoms with van der Waals surface area (Å²) in [4.78, 5) is 64.1. The number of carboxylic acid groups (broad SMARTS) is 3. The predicted octanol–water partition coefficient (Wildman–Crippen LogP) is 0.897. The number of rotatable bonds is 16. The number of hydrogen-bond donors (Lipinski definition) is 6. The van der Waals surface area contributed by atoms with Crippen LogP contribution in [-0.4, -0.2) is 86.3 Å². The van der Waals surface area contributed by atoms with E-state index in [4.69, 9.17) is 5.11 Å². The smallest absolute Gasteiger partial charge is 0.326 e. The zero-order valence-electron chi connectivity index (χ0n) is 21.6. The second-order valence-corrected chi connectivity index (χ2v) is 9.62. The number of urea groups is 1. The monoisotopic (exact) mass is 523 g/mol. The van der Waals surface area contributed by atoms with Crippen molar-refractivity contribution in [3.63, 3.8) is 0 Å². The molecule has 3 amide bonds. The van der Waals surface area contributed by atoms with E-state index in [2.05, 4.69) is 15.6 Å². The zero-order chi connectivity index (χ0) is 28.2. The lowest BCUT2D eigenvalue weighted by atomic mass is 9.72. The minimum Gasteiger partial charge on any atom is -0.480 e. The number of nitrogens with zero attached hydrogens (tertiary/aromatic N) is 2. The van der Waals surface area contributed by atoms with Gasteiger partial charge in [0.15, 0.2) is 0 Å². The van der Waals surface area contributed by atoms with Gasteiger partial charge in [-0.2, -0.15) is 0 Å². The first-order chi connectivity index (χ1) is 17.2. The van der Waals surface area contributed by atoms with E-state index in [9.17, 15) is 34.2 Å². The average molecular weight is 524 g/mol. The summed E-state index contributed by atoms with van der Waals surface area (Å²) in [5.74, 6) is -3.84. The van der Waals surface area contributed by atoms with Gasteiger partial charge in [-0.3, -0.25) is 24.3 Å². The van der Waals surface area contributed by atoms with Crippen molar-refractivity contribution in [1.82, 2.24) is 25.8 Å². The predicted molar refractivity (Wildman–Crippen MR) is 133 cm³/mol. The molecule has 206 valence electrons. The van der Waals surface area contributed by atoms with Gasteiger partial charge in [0.05, 0.1) is 17.7 Å². The summed E-state index contributed by atoms with van der Waals surface area (Å²) in [5.41, 5.74) is -1.22. The van der Waals surface area contributed by atoms with Crippen molar-refractivity contribution in [3.8, 4) is 0 Å². The number of amides is 3. The third-order valence-electron chi connectivity index (χ3n) is 6.50. The molecule has 0 aliphatic carbocycles. The number of aliphatic carboxylic acids is 3. The molecule has 0 spiro atoms. The zero-order valence-corrected chi connectivity index (χ0v) is 21.6. The van der Waals surface area contributed by atoms with Crippen LogP contribution in [0.3, 0.4) is 0 Å². The Bertz CT molecular complexity index is 952. The van der Waals surface area contributed by atoms with Gasteiger partial charge >= 0.3 is 23.9 Å². The Hall–Kier alpha value is -3.74. The Balaban J connectivity index is 2.69. The molecule has 1 rings (SSSR count). The van der Waals surface area contributed by atoms with Gasteiger partial charge in [-0.05, 0) is 59.1 Å². The number of unbranched alkanes of at least 4 members (excludes halogenated alkanes) is 1. The highest BCUT2D eigenvalue weighted by Crippen LogP contribution is 2.37. The molecule has 1 unspecified atom stereocenters. The van der Waals surface area contributed by atoms with Crippen LogP contribution in [0.5, 0.6) is 0 Å². The molecule has 0 fully saturated rings. The molecule has 0 radical (unpaired) electrons. The van der Waals surface area contributed by atoms with Gasteiger partial charge in [0.25, 0.3) is 0 Å². The molecule has 0 aromatic carbocycles. The quantitative estimate of drug-likeness (QED) is 0.169. The Morgan fingerprint density at radius 3 is 2.19 bits per heavy atom. The molecule has 0 aliphatic rings. The number of hydrogen-bond acceptors (Lipinski definition) is 7. The molecule has 1 heterocycles. The Morgan fingerprint density at radius 1 is 0.973 bits per heavy atom. The molecular formula is C24H37N5O8. The van der Waals surface area contributed by atoms with Gasteiger partial charge in [-0.15, -0.1) is 0 Å². The van der Waals surface area contributed by atoms with Crippen LogP contribution in [0.15, 0.2) is 24.4 Å². The minimum atomic E-state index is -1.26. The van der Waals surface area contributed by atoms with Crippen LogP contribution in [-0.2, 0) is 25.7 Å².